The Labute approximate surface area is 140 Å². The molecule has 0 radical (unpaired) electrons. The molecule has 122 valence electrons. The second kappa shape index (κ2) is 5.78. The molecular weight excluding hydrogens is 303 g/mol. The van der Waals surface area contributed by atoms with E-state index in [0.29, 0.717) is 13.1 Å². The number of nitrogens with zero attached hydrogens (tertiary/aromatic N) is 2. The Balaban J connectivity index is 1.83. The van der Waals surface area contributed by atoms with Gasteiger partial charge in [0.2, 0.25) is 0 Å². The molecule has 0 saturated heterocycles. The van der Waals surface area contributed by atoms with Crippen LogP contribution in [0.15, 0.2) is 48.5 Å². The first-order chi connectivity index (χ1) is 11.6. The quantitative estimate of drug-likeness (QED) is 0.722. The number of likely N-dealkylation sites (N-methyl/N-ethyl adjacent to an activating group) is 1. The van der Waals surface area contributed by atoms with Crippen LogP contribution in [0.1, 0.15) is 21.6 Å². The lowest BCUT2D eigenvalue weighted by Crippen LogP contribution is -2.35. The summed E-state index contributed by atoms with van der Waals surface area (Å²) in [7, 11) is 1.82. The number of hydrogen-bond acceptors (Lipinski definition) is 1. The molecule has 0 aliphatic carbocycles. The first-order valence-corrected chi connectivity index (χ1v) is 8.25. The van der Waals surface area contributed by atoms with Crippen LogP contribution in [0.4, 0.5) is 4.39 Å². The number of carbonyl (C=O) groups excluding carboxylic acids is 1. The molecule has 3 nitrogen and oxygen atoms in total. The summed E-state index contributed by atoms with van der Waals surface area (Å²) in [6.07, 6.45) is 1.61. The van der Waals surface area contributed by atoms with E-state index in [-0.39, 0.29) is 11.7 Å². The Hall–Kier alpha value is -2.62. The molecule has 24 heavy (non-hydrogen) atoms. The maximum absolute atomic E-state index is 13.7. The van der Waals surface area contributed by atoms with E-state index < -0.39 is 0 Å². The topological polar surface area (TPSA) is 25.2 Å². The average molecular weight is 322 g/mol. The molecular formula is C20H19FN2O. The van der Waals surface area contributed by atoms with Crippen LogP contribution >= 0.6 is 0 Å². The standard InChI is InChI=1S/C20H19FN2O/c1-22-11-10-16-17-13-15(21)7-8-18(17)23(19(16)20(22)24)12-9-14-5-3-2-4-6-14/h2-8,13H,9-12H2,1H3. The lowest BCUT2D eigenvalue weighted by molar-refractivity contribution is 0.0770. The lowest BCUT2D eigenvalue weighted by Gasteiger charge is -2.24. The molecule has 2 heterocycles. The Morgan fingerprint density at radius 3 is 2.71 bits per heavy atom. The number of halogens is 1. The number of aromatic nitrogens is 1. The minimum Gasteiger partial charge on any atom is -0.340 e. The SMILES string of the molecule is CN1CCc2c(n(CCc3ccccc3)c3ccc(F)cc23)C1=O. The van der Waals surface area contributed by atoms with E-state index in [0.717, 1.165) is 35.0 Å². The largest absolute Gasteiger partial charge is 0.340 e. The van der Waals surface area contributed by atoms with Gasteiger partial charge in [0.1, 0.15) is 11.5 Å². The molecule has 0 bridgehead atoms. The molecule has 2 aromatic carbocycles. The van der Waals surface area contributed by atoms with Crippen LogP contribution in [0, 0.1) is 5.82 Å². The van der Waals surface area contributed by atoms with Crippen LogP contribution in [-0.4, -0.2) is 29.0 Å². The van der Waals surface area contributed by atoms with Gasteiger partial charge in [-0.25, -0.2) is 4.39 Å². The van der Waals surface area contributed by atoms with Gasteiger partial charge in [0.15, 0.2) is 0 Å². The zero-order valence-electron chi connectivity index (χ0n) is 13.6. The first kappa shape index (κ1) is 14.9. The van der Waals surface area contributed by atoms with Gasteiger partial charge in [-0.15, -0.1) is 0 Å². The second-order valence-electron chi connectivity index (χ2n) is 6.35. The molecule has 4 heteroatoms. The molecule has 0 saturated carbocycles. The monoisotopic (exact) mass is 322 g/mol. The van der Waals surface area contributed by atoms with E-state index in [4.69, 9.17) is 0 Å². The van der Waals surface area contributed by atoms with Crippen LogP contribution < -0.4 is 0 Å². The third-order valence-electron chi connectivity index (χ3n) is 4.84. The minimum absolute atomic E-state index is 0.0286. The third-order valence-corrected chi connectivity index (χ3v) is 4.84. The molecule has 3 aromatic rings. The van der Waals surface area contributed by atoms with Crippen LogP contribution in [0.5, 0.6) is 0 Å². The van der Waals surface area contributed by atoms with Crippen molar-refractivity contribution in [1.29, 1.82) is 0 Å². The summed E-state index contributed by atoms with van der Waals surface area (Å²) in [5.74, 6) is -0.224. The maximum Gasteiger partial charge on any atom is 0.270 e. The van der Waals surface area contributed by atoms with Crippen molar-refractivity contribution in [3.63, 3.8) is 0 Å². The summed E-state index contributed by atoms with van der Waals surface area (Å²) in [6.45, 7) is 1.39. The minimum atomic E-state index is -0.253. The summed E-state index contributed by atoms with van der Waals surface area (Å²) in [5.41, 5.74) is 3.88. The Bertz CT molecular complexity index is 914. The van der Waals surface area contributed by atoms with E-state index in [2.05, 4.69) is 16.7 Å². The summed E-state index contributed by atoms with van der Waals surface area (Å²) >= 11 is 0. The van der Waals surface area contributed by atoms with Crippen molar-refractivity contribution in [2.75, 3.05) is 13.6 Å². The van der Waals surface area contributed by atoms with Gasteiger partial charge >= 0.3 is 0 Å². The van der Waals surface area contributed by atoms with E-state index in [1.165, 1.54) is 11.6 Å². The molecule has 4 rings (SSSR count). The van der Waals surface area contributed by atoms with Gasteiger partial charge in [-0.3, -0.25) is 4.79 Å². The molecule has 1 amide bonds. The summed E-state index contributed by atoms with van der Waals surface area (Å²) < 4.78 is 15.8. The lowest BCUT2D eigenvalue weighted by atomic mass is 10.0. The molecule has 0 spiro atoms. The highest BCUT2D eigenvalue weighted by atomic mass is 19.1. The van der Waals surface area contributed by atoms with E-state index in [1.807, 2.05) is 25.2 Å². The van der Waals surface area contributed by atoms with Gasteiger partial charge in [0, 0.05) is 31.0 Å². The van der Waals surface area contributed by atoms with Gasteiger partial charge in [0.25, 0.3) is 5.91 Å². The number of rotatable bonds is 3. The fourth-order valence-corrected chi connectivity index (χ4v) is 3.57. The Kier molecular flexibility index (Phi) is 3.60. The maximum atomic E-state index is 13.7. The van der Waals surface area contributed by atoms with Gasteiger partial charge in [-0.2, -0.15) is 0 Å². The Morgan fingerprint density at radius 2 is 1.92 bits per heavy atom. The predicted molar refractivity (Wildman–Crippen MR) is 92.7 cm³/mol. The number of hydrogen-bond donors (Lipinski definition) is 0. The average Bonchev–Trinajstić information content (AvgIpc) is 2.91. The predicted octanol–water partition coefficient (Wildman–Crippen LogP) is 3.65. The van der Waals surface area contributed by atoms with E-state index >= 15 is 0 Å². The van der Waals surface area contributed by atoms with Crippen LogP contribution in [-0.2, 0) is 19.4 Å². The van der Waals surface area contributed by atoms with Crippen LogP contribution in [0.3, 0.4) is 0 Å². The van der Waals surface area contributed by atoms with Gasteiger partial charge in [-0.1, -0.05) is 30.3 Å². The van der Waals surface area contributed by atoms with Crippen molar-refractivity contribution >= 4 is 16.8 Å². The van der Waals surface area contributed by atoms with Gasteiger partial charge < -0.3 is 9.47 Å². The number of amides is 1. The molecule has 0 unspecified atom stereocenters. The fourth-order valence-electron chi connectivity index (χ4n) is 3.57. The molecule has 0 atom stereocenters. The molecule has 0 N–H and O–H groups in total. The third kappa shape index (κ3) is 2.39. The number of aryl methyl sites for hydroxylation is 2. The van der Waals surface area contributed by atoms with E-state index in [1.54, 1.807) is 17.0 Å². The van der Waals surface area contributed by atoms with E-state index in [9.17, 15) is 9.18 Å². The van der Waals surface area contributed by atoms with Crippen molar-refractivity contribution in [3.05, 3.63) is 71.2 Å². The van der Waals surface area contributed by atoms with Crippen molar-refractivity contribution in [1.82, 2.24) is 9.47 Å². The zero-order valence-corrected chi connectivity index (χ0v) is 13.6. The highest BCUT2D eigenvalue weighted by Crippen LogP contribution is 2.31. The number of fused-ring (bicyclic) bond motifs is 3. The van der Waals surface area contributed by atoms with Crippen molar-refractivity contribution in [3.8, 4) is 0 Å². The molecule has 1 aliphatic rings. The zero-order chi connectivity index (χ0) is 16.7. The molecule has 1 aromatic heterocycles. The summed E-state index contributed by atoms with van der Waals surface area (Å²) in [4.78, 5) is 14.5. The van der Waals surface area contributed by atoms with Gasteiger partial charge in [0.05, 0.1) is 0 Å². The van der Waals surface area contributed by atoms with Crippen LogP contribution in [0.2, 0.25) is 0 Å². The van der Waals surface area contributed by atoms with Crippen LogP contribution in [0.25, 0.3) is 10.9 Å². The molecule has 0 fully saturated rings. The fraction of sp³-hybridized carbons (Fsp3) is 0.250. The van der Waals surface area contributed by atoms with Crippen molar-refractivity contribution < 1.29 is 9.18 Å². The van der Waals surface area contributed by atoms with Crippen molar-refractivity contribution in [2.45, 2.75) is 19.4 Å². The smallest absolute Gasteiger partial charge is 0.270 e. The number of carbonyl (C=O) groups is 1. The van der Waals surface area contributed by atoms with Crippen molar-refractivity contribution in [2.24, 2.45) is 0 Å². The normalized spacial score (nSPS) is 14.2. The second-order valence-corrected chi connectivity index (χ2v) is 6.35. The highest BCUT2D eigenvalue weighted by Gasteiger charge is 2.29. The number of benzene rings is 2. The Morgan fingerprint density at radius 1 is 1.12 bits per heavy atom. The first-order valence-electron chi connectivity index (χ1n) is 8.25. The summed E-state index contributed by atoms with van der Waals surface area (Å²) in [6, 6.07) is 15.0. The summed E-state index contributed by atoms with van der Waals surface area (Å²) in [5, 5.41) is 0.875. The van der Waals surface area contributed by atoms with Gasteiger partial charge in [-0.05, 0) is 42.2 Å². The molecule has 1 aliphatic heterocycles. The highest BCUT2D eigenvalue weighted by molar-refractivity contribution is 6.02.